The zero-order valence-electron chi connectivity index (χ0n) is 7.82. The summed E-state index contributed by atoms with van der Waals surface area (Å²) >= 11 is 3.09. The molecule has 4 nitrogen and oxygen atoms in total. The Hall–Kier alpha value is -1.30. The number of carbonyl (C=O) groups is 1. The van der Waals surface area contributed by atoms with Gasteiger partial charge in [-0.1, -0.05) is 15.9 Å². The molecule has 0 bridgehead atoms. The summed E-state index contributed by atoms with van der Waals surface area (Å²) < 4.78 is 13.8. The number of benzene rings is 1. The molecule has 1 rings (SSSR count). The molecule has 1 atom stereocenters. The van der Waals surface area contributed by atoms with Gasteiger partial charge in [-0.25, -0.2) is 9.18 Å². The average molecular weight is 275 g/mol. The van der Waals surface area contributed by atoms with Crippen LogP contribution >= 0.6 is 15.9 Å². The summed E-state index contributed by atoms with van der Waals surface area (Å²) in [6, 6.07) is 3.27. The first-order valence-electron chi connectivity index (χ1n) is 4.09. The van der Waals surface area contributed by atoms with E-state index in [9.17, 15) is 9.18 Å². The lowest BCUT2D eigenvalue weighted by molar-refractivity contribution is -0.138. The molecule has 0 spiro atoms. The standard InChI is InChI=1S/C9H8BrFN2O2/c1-5(9(14)15)12-13-8-3-2-6(10)4-7(8)11/h2-5H,1H3,(H,14,15). The Morgan fingerprint density at radius 3 is 2.80 bits per heavy atom. The van der Waals surface area contributed by atoms with Gasteiger partial charge < -0.3 is 5.11 Å². The highest BCUT2D eigenvalue weighted by atomic mass is 79.9. The van der Waals surface area contributed by atoms with Crippen LogP contribution in [0.1, 0.15) is 6.92 Å². The van der Waals surface area contributed by atoms with E-state index < -0.39 is 17.8 Å². The summed E-state index contributed by atoms with van der Waals surface area (Å²) in [7, 11) is 0. The molecule has 0 fully saturated rings. The molecule has 0 heterocycles. The van der Waals surface area contributed by atoms with Crippen molar-refractivity contribution in [3.05, 3.63) is 28.5 Å². The first-order valence-corrected chi connectivity index (χ1v) is 4.88. The van der Waals surface area contributed by atoms with Crippen LogP contribution in [0.4, 0.5) is 10.1 Å². The summed E-state index contributed by atoms with van der Waals surface area (Å²) in [6.07, 6.45) is 0. The Morgan fingerprint density at radius 2 is 2.27 bits per heavy atom. The minimum Gasteiger partial charge on any atom is -0.480 e. The lowest BCUT2D eigenvalue weighted by Gasteiger charge is -1.98. The van der Waals surface area contributed by atoms with Crippen molar-refractivity contribution in [1.29, 1.82) is 0 Å². The van der Waals surface area contributed by atoms with E-state index in [0.29, 0.717) is 4.47 Å². The van der Waals surface area contributed by atoms with E-state index in [1.54, 1.807) is 6.07 Å². The maximum Gasteiger partial charge on any atom is 0.330 e. The first-order chi connectivity index (χ1) is 7.00. The highest BCUT2D eigenvalue weighted by Crippen LogP contribution is 2.22. The SMILES string of the molecule is CC(N=Nc1ccc(Br)cc1F)C(=O)O. The molecule has 6 heteroatoms. The molecule has 0 aliphatic carbocycles. The highest BCUT2D eigenvalue weighted by molar-refractivity contribution is 9.10. The maximum atomic E-state index is 13.2. The van der Waals surface area contributed by atoms with E-state index in [2.05, 4.69) is 26.2 Å². The lowest BCUT2D eigenvalue weighted by atomic mass is 10.3. The number of azo groups is 1. The van der Waals surface area contributed by atoms with Crippen molar-refractivity contribution in [2.75, 3.05) is 0 Å². The van der Waals surface area contributed by atoms with Gasteiger partial charge in [0.05, 0.1) is 0 Å². The van der Waals surface area contributed by atoms with Crippen molar-refractivity contribution in [3.63, 3.8) is 0 Å². The van der Waals surface area contributed by atoms with Crippen LogP contribution in [0.25, 0.3) is 0 Å². The van der Waals surface area contributed by atoms with Crippen LogP contribution < -0.4 is 0 Å². The normalized spacial score (nSPS) is 13.0. The second-order valence-corrected chi connectivity index (χ2v) is 3.74. The van der Waals surface area contributed by atoms with Crippen molar-refractivity contribution in [2.24, 2.45) is 10.2 Å². The third-order valence-corrected chi connectivity index (χ3v) is 2.10. The van der Waals surface area contributed by atoms with Crippen LogP contribution in [-0.2, 0) is 4.79 Å². The average Bonchev–Trinajstić information content (AvgIpc) is 2.15. The van der Waals surface area contributed by atoms with Gasteiger partial charge in [-0.2, -0.15) is 10.2 Å². The highest BCUT2D eigenvalue weighted by Gasteiger charge is 2.09. The van der Waals surface area contributed by atoms with E-state index in [1.807, 2.05) is 0 Å². The summed E-state index contributed by atoms with van der Waals surface area (Å²) in [5, 5.41) is 15.5. The maximum absolute atomic E-state index is 13.2. The summed E-state index contributed by atoms with van der Waals surface area (Å²) in [5.74, 6) is -1.65. The third-order valence-electron chi connectivity index (χ3n) is 1.61. The molecule has 1 unspecified atom stereocenters. The Kier molecular flexibility index (Phi) is 3.90. The molecule has 1 N–H and O–H groups in total. The van der Waals surface area contributed by atoms with Crippen LogP contribution in [0, 0.1) is 5.82 Å². The predicted octanol–water partition coefficient (Wildman–Crippen LogP) is 3.15. The number of nitrogens with zero attached hydrogens (tertiary/aromatic N) is 2. The summed E-state index contributed by atoms with van der Waals surface area (Å²) in [6.45, 7) is 1.36. The van der Waals surface area contributed by atoms with Gasteiger partial charge in [0.15, 0.2) is 11.9 Å². The monoisotopic (exact) mass is 274 g/mol. The molecular weight excluding hydrogens is 267 g/mol. The Morgan fingerprint density at radius 1 is 1.60 bits per heavy atom. The Balaban J connectivity index is 2.85. The first kappa shape index (κ1) is 11.8. The van der Waals surface area contributed by atoms with Gasteiger partial charge in [0.25, 0.3) is 0 Å². The quantitative estimate of drug-likeness (QED) is 0.861. The second-order valence-electron chi connectivity index (χ2n) is 2.83. The zero-order chi connectivity index (χ0) is 11.4. The molecule has 1 aromatic carbocycles. The van der Waals surface area contributed by atoms with Gasteiger partial charge >= 0.3 is 5.97 Å². The molecule has 0 aliphatic heterocycles. The van der Waals surface area contributed by atoms with E-state index in [1.165, 1.54) is 19.1 Å². The third kappa shape index (κ3) is 3.39. The molecule has 0 saturated heterocycles. The number of hydrogen-bond donors (Lipinski definition) is 1. The molecule has 0 saturated carbocycles. The van der Waals surface area contributed by atoms with E-state index in [-0.39, 0.29) is 5.69 Å². The molecular formula is C9H8BrFN2O2. The number of carboxylic acids is 1. The number of rotatable bonds is 3. The van der Waals surface area contributed by atoms with E-state index in [0.717, 1.165) is 0 Å². The van der Waals surface area contributed by atoms with Gasteiger partial charge in [0, 0.05) is 4.47 Å². The van der Waals surface area contributed by atoms with Crippen LogP contribution in [0.15, 0.2) is 32.9 Å². The lowest BCUT2D eigenvalue weighted by Crippen LogP contribution is -2.11. The minimum atomic E-state index is -1.10. The fraction of sp³-hybridized carbons (Fsp3) is 0.222. The van der Waals surface area contributed by atoms with Crippen LogP contribution in [0.3, 0.4) is 0 Å². The van der Waals surface area contributed by atoms with Gasteiger partial charge in [-0.05, 0) is 25.1 Å². The second kappa shape index (κ2) is 4.97. The topological polar surface area (TPSA) is 62.0 Å². The molecule has 0 aromatic heterocycles. The smallest absolute Gasteiger partial charge is 0.330 e. The number of halogens is 2. The molecule has 0 amide bonds. The van der Waals surface area contributed by atoms with Crippen molar-refractivity contribution >= 4 is 27.6 Å². The largest absolute Gasteiger partial charge is 0.480 e. The van der Waals surface area contributed by atoms with Gasteiger partial charge in [0.2, 0.25) is 0 Å². The van der Waals surface area contributed by atoms with Crippen LogP contribution in [0.2, 0.25) is 0 Å². The van der Waals surface area contributed by atoms with Crippen molar-refractivity contribution in [2.45, 2.75) is 13.0 Å². The Labute approximate surface area is 94.0 Å². The number of carboxylic acid groups (broad SMARTS) is 1. The minimum absolute atomic E-state index is 0.0197. The Bertz CT molecular complexity index is 409. The zero-order valence-corrected chi connectivity index (χ0v) is 9.40. The summed E-state index contributed by atoms with van der Waals surface area (Å²) in [5.41, 5.74) is 0.0197. The van der Waals surface area contributed by atoms with Crippen LogP contribution in [-0.4, -0.2) is 17.1 Å². The van der Waals surface area contributed by atoms with E-state index in [4.69, 9.17) is 5.11 Å². The van der Waals surface area contributed by atoms with E-state index >= 15 is 0 Å². The van der Waals surface area contributed by atoms with Gasteiger partial charge in [-0.15, -0.1) is 0 Å². The molecule has 1 aromatic rings. The fourth-order valence-electron chi connectivity index (χ4n) is 0.761. The molecule has 15 heavy (non-hydrogen) atoms. The van der Waals surface area contributed by atoms with Gasteiger partial charge in [0.1, 0.15) is 5.69 Å². The summed E-state index contributed by atoms with van der Waals surface area (Å²) in [4.78, 5) is 10.4. The van der Waals surface area contributed by atoms with Crippen LogP contribution in [0.5, 0.6) is 0 Å². The van der Waals surface area contributed by atoms with Gasteiger partial charge in [-0.3, -0.25) is 0 Å². The molecule has 80 valence electrons. The molecule has 0 radical (unpaired) electrons. The predicted molar refractivity (Wildman–Crippen MR) is 55.7 cm³/mol. The van der Waals surface area contributed by atoms with Crippen molar-refractivity contribution < 1.29 is 14.3 Å². The number of aliphatic carboxylic acids is 1. The fourth-order valence-corrected chi connectivity index (χ4v) is 1.09. The van der Waals surface area contributed by atoms with Crippen molar-refractivity contribution in [3.8, 4) is 0 Å². The number of hydrogen-bond acceptors (Lipinski definition) is 3. The molecule has 0 aliphatic rings. The van der Waals surface area contributed by atoms with Crippen molar-refractivity contribution in [1.82, 2.24) is 0 Å².